The van der Waals surface area contributed by atoms with Gasteiger partial charge >= 0.3 is 0 Å². The maximum atomic E-state index is 6.03. The molecule has 2 nitrogen and oxygen atoms in total. The third-order valence-corrected chi connectivity index (χ3v) is 3.74. The zero-order valence-electron chi connectivity index (χ0n) is 13.2. The fraction of sp³-hybridized carbons (Fsp3) is 0.588. The summed E-state index contributed by atoms with van der Waals surface area (Å²) in [7, 11) is 0. The van der Waals surface area contributed by atoms with Crippen LogP contribution < -0.4 is 0 Å². The summed E-state index contributed by atoms with van der Waals surface area (Å²) in [5.41, 5.74) is 6.08. The van der Waals surface area contributed by atoms with E-state index in [1.807, 2.05) is 0 Å². The first kappa shape index (κ1) is 14.1. The van der Waals surface area contributed by atoms with Crippen LogP contribution in [0.4, 0.5) is 0 Å². The van der Waals surface area contributed by atoms with Crippen molar-refractivity contribution < 1.29 is 4.42 Å². The average molecular weight is 259 g/mol. The van der Waals surface area contributed by atoms with Crippen LogP contribution in [-0.2, 0) is 0 Å². The van der Waals surface area contributed by atoms with Crippen LogP contribution in [0.15, 0.2) is 10.5 Å². The van der Waals surface area contributed by atoms with Crippen molar-refractivity contribution >= 4 is 11.1 Å². The lowest BCUT2D eigenvalue weighted by atomic mass is 9.89. The quantitative estimate of drug-likeness (QED) is 0.726. The van der Waals surface area contributed by atoms with Crippen LogP contribution in [0.1, 0.15) is 81.9 Å². The predicted molar refractivity (Wildman–Crippen MR) is 81.0 cm³/mol. The van der Waals surface area contributed by atoms with Gasteiger partial charge in [0.1, 0.15) is 5.52 Å². The van der Waals surface area contributed by atoms with Crippen LogP contribution >= 0.6 is 0 Å². The third-order valence-electron chi connectivity index (χ3n) is 3.74. The smallest absolute Gasteiger partial charge is 0.198 e. The van der Waals surface area contributed by atoms with Crippen molar-refractivity contribution in [3.63, 3.8) is 0 Å². The summed E-state index contributed by atoms with van der Waals surface area (Å²) in [5, 5.41) is 0. The highest BCUT2D eigenvalue weighted by molar-refractivity contribution is 5.80. The standard InChI is InChI=1S/C17H25NO/c1-9(2)13-8-14-16(15(10(3)4)12(13)7)19-17(18-14)11(5)6/h8-11H,1-7H3. The van der Waals surface area contributed by atoms with E-state index in [4.69, 9.17) is 4.42 Å². The summed E-state index contributed by atoms with van der Waals surface area (Å²) in [5.74, 6) is 2.14. The molecule has 0 unspecified atom stereocenters. The van der Waals surface area contributed by atoms with Crippen LogP contribution in [0.5, 0.6) is 0 Å². The van der Waals surface area contributed by atoms with Crippen molar-refractivity contribution in [1.82, 2.24) is 4.98 Å². The molecule has 1 aromatic carbocycles. The molecule has 104 valence electrons. The summed E-state index contributed by atoms with van der Waals surface area (Å²) < 4.78 is 6.03. The van der Waals surface area contributed by atoms with Gasteiger partial charge in [0.15, 0.2) is 11.5 Å². The molecule has 0 saturated heterocycles. The van der Waals surface area contributed by atoms with Crippen LogP contribution in [-0.4, -0.2) is 4.98 Å². The molecule has 0 radical (unpaired) electrons. The van der Waals surface area contributed by atoms with E-state index < -0.39 is 0 Å². The number of nitrogens with zero attached hydrogens (tertiary/aromatic N) is 1. The first-order valence-electron chi connectivity index (χ1n) is 7.26. The summed E-state index contributed by atoms with van der Waals surface area (Å²) >= 11 is 0. The lowest BCUT2D eigenvalue weighted by molar-refractivity contribution is 0.497. The fourth-order valence-electron chi connectivity index (χ4n) is 2.76. The molecule has 2 heteroatoms. The second-order valence-corrected chi connectivity index (χ2v) is 6.37. The Labute approximate surface area is 116 Å². The van der Waals surface area contributed by atoms with Crippen molar-refractivity contribution in [3.05, 3.63) is 28.6 Å². The van der Waals surface area contributed by atoms with Crippen molar-refractivity contribution in [2.45, 2.75) is 66.2 Å². The highest BCUT2D eigenvalue weighted by atomic mass is 16.3. The molecule has 0 aliphatic rings. The van der Waals surface area contributed by atoms with Gasteiger partial charge in [0.05, 0.1) is 0 Å². The van der Waals surface area contributed by atoms with Gasteiger partial charge in [-0.2, -0.15) is 0 Å². The van der Waals surface area contributed by atoms with Crippen molar-refractivity contribution in [2.75, 3.05) is 0 Å². The van der Waals surface area contributed by atoms with E-state index >= 15 is 0 Å². The molecule has 19 heavy (non-hydrogen) atoms. The zero-order chi connectivity index (χ0) is 14.3. The number of fused-ring (bicyclic) bond motifs is 1. The molecule has 1 aromatic heterocycles. The Bertz CT molecular complexity index is 591. The topological polar surface area (TPSA) is 26.0 Å². The van der Waals surface area contributed by atoms with Gasteiger partial charge < -0.3 is 4.42 Å². The average Bonchev–Trinajstić information content (AvgIpc) is 2.70. The molecule has 2 rings (SSSR count). The molecule has 0 fully saturated rings. The zero-order valence-corrected chi connectivity index (χ0v) is 13.2. The number of oxazole rings is 1. The number of aromatic nitrogens is 1. The Balaban J connectivity index is 2.80. The lowest BCUT2D eigenvalue weighted by Gasteiger charge is -2.16. The number of benzene rings is 1. The van der Waals surface area contributed by atoms with Crippen molar-refractivity contribution in [2.24, 2.45) is 0 Å². The minimum absolute atomic E-state index is 0.329. The Morgan fingerprint density at radius 2 is 1.58 bits per heavy atom. The van der Waals surface area contributed by atoms with Crippen LogP contribution in [0.2, 0.25) is 0 Å². The Morgan fingerprint density at radius 1 is 0.947 bits per heavy atom. The minimum atomic E-state index is 0.329. The second kappa shape index (κ2) is 4.99. The van der Waals surface area contributed by atoms with Crippen LogP contribution in [0.3, 0.4) is 0 Å². The third kappa shape index (κ3) is 2.41. The molecule has 2 aromatic rings. The lowest BCUT2D eigenvalue weighted by Crippen LogP contribution is -2.00. The summed E-state index contributed by atoms with van der Waals surface area (Å²) in [6.07, 6.45) is 0. The molecule has 0 atom stereocenters. The second-order valence-electron chi connectivity index (χ2n) is 6.37. The highest BCUT2D eigenvalue weighted by Crippen LogP contribution is 2.35. The molecular weight excluding hydrogens is 234 g/mol. The van der Waals surface area contributed by atoms with Gasteiger partial charge in [-0.1, -0.05) is 41.5 Å². The summed E-state index contributed by atoms with van der Waals surface area (Å²) in [4.78, 5) is 4.67. The van der Waals surface area contributed by atoms with Gasteiger partial charge in [0, 0.05) is 11.5 Å². The molecule has 0 aliphatic carbocycles. The van der Waals surface area contributed by atoms with E-state index in [-0.39, 0.29) is 0 Å². The van der Waals surface area contributed by atoms with E-state index in [1.54, 1.807) is 0 Å². The first-order chi connectivity index (χ1) is 8.82. The Hall–Kier alpha value is -1.31. The Morgan fingerprint density at radius 3 is 2.05 bits per heavy atom. The Kier molecular flexibility index (Phi) is 3.71. The van der Waals surface area contributed by atoms with Crippen LogP contribution in [0, 0.1) is 6.92 Å². The largest absolute Gasteiger partial charge is 0.440 e. The summed E-state index contributed by atoms with van der Waals surface area (Å²) in [6, 6.07) is 2.20. The molecular formula is C17H25NO. The molecule has 0 N–H and O–H groups in total. The number of rotatable bonds is 3. The first-order valence-corrected chi connectivity index (χ1v) is 7.26. The molecule has 0 saturated carbocycles. The van der Waals surface area contributed by atoms with Crippen molar-refractivity contribution in [3.8, 4) is 0 Å². The van der Waals surface area contributed by atoms with E-state index in [0.717, 1.165) is 17.0 Å². The maximum absolute atomic E-state index is 6.03. The van der Waals surface area contributed by atoms with E-state index in [9.17, 15) is 0 Å². The predicted octanol–water partition coefficient (Wildman–Crippen LogP) is 5.51. The molecule has 0 bridgehead atoms. The maximum Gasteiger partial charge on any atom is 0.198 e. The number of hydrogen-bond acceptors (Lipinski definition) is 2. The van der Waals surface area contributed by atoms with Gasteiger partial charge in [0.2, 0.25) is 0 Å². The van der Waals surface area contributed by atoms with Gasteiger partial charge in [-0.25, -0.2) is 4.98 Å². The van der Waals surface area contributed by atoms with E-state index in [1.165, 1.54) is 16.7 Å². The van der Waals surface area contributed by atoms with E-state index in [2.05, 4.69) is 59.5 Å². The minimum Gasteiger partial charge on any atom is -0.440 e. The molecule has 0 spiro atoms. The van der Waals surface area contributed by atoms with Gasteiger partial charge in [0.25, 0.3) is 0 Å². The van der Waals surface area contributed by atoms with Gasteiger partial charge in [-0.05, 0) is 36.0 Å². The molecule has 1 heterocycles. The van der Waals surface area contributed by atoms with Crippen LogP contribution in [0.25, 0.3) is 11.1 Å². The normalized spacial score (nSPS) is 12.3. The van der Waals surface area contributed by atoms with Gasteiger partial charge in [-0.15, -0.1) is 0 Å². The monoisotopic (exact) mass is 259 g/mol. The van der Waals surface area contributed by atoms with E-state index in [0.29, 0.717) is 17.8 Å². The molecule has 0 aliphatic heterocycles. The highest BCUT2D eigenvalue weighted by Gasteiger charge is 2.20. The van der Waals surface area contributed by atoms with Crippen molar-refractivity contribution in [1.29, 1.82) is 0 Å². The number of hydrogen-bond donors (Lipinski definition) is 0. The fourth-order valence-corrected chi connectivity index (χ4v) is 2.76. The SMILES string of the molecule is Cc1c(C(C)C)cc2nc(C(C)C)oc2c1C(C)C. The van der Waals surface area contributed by atoms with Gasteiger partial charge in [-0.3, -0.25) is 0 Å². The molecule has 0 amide bonds. The summed E-state index contributed by atoms with van der Waals surface area (Å²) in [6.45, 7) is 15.4.